The third kappa shape index (κ3) is 4.61. The maximum absolute atomic E-state index is 9.84. The third-order valence-electron chi connectivity index (χ3n) is 4.82. The summed E-state index contributed by atoms with van der Waals surface area (Å²) in [5, 5.41) is 22.1. The van der Waals surface area contributed by atoms with E-state index in [0.29, 0.717) is 42.8 Å². The lowest BCUT2D eigenvalue weighted by molar-refractivity contribution is 0.134. The van der Waals surface area contributed by atoms with E-state index < -0.39 is 5.41 Å². The summed E-state index contributed by atoms with van der Waals surface area (Å²) in [6, 6.07) is 11.9. The Labute approximate surface area is 159 Å². The smallest absolute Gasteiger partial charge is 0.132 e. The van der Waals surface area contributed by atoms with Crippen molar-refractivity contribution in [1.29, 1.82) is 10.5 Å². The fraction of sp³-hybridized carbons (Fsp3) is 0.429. The van der Waals surface area contributed by atoms with Gasteiger partial charge >= 0.3 is 0 Å². The molecule has 138 valence electrons. The normalized spacial score (nSPS) is 15.4. The number of aromatic nitrogens is 2. The van der Waals surface area contributed by atoms with Crippen LogP contribution in [0, 0.1) is 22.7 Å². The van der Waals surface area contributed by atoms with Gasteiger partial charge in [-0.1, -0.05) is 0 Å². The van der Waals surface area contributed by atoms with Gasteiger partial charge in [0.25, 0.3) is 0 Å². The lowest BCUT2D eigenvalue weighted by Gasteiger charge is -2.23. The van der Waals surface area contributed by atoms with Crippen molar-refractivity contribution in [3.63, 3.8) is 0 Å². The molecule has 1 fully saturated rings. The summed E-state index contributed by atoms with van der Waals surface area (Å²) in [5.74, 6) is 1.67. The lowest BCUT2D eigenvalue weighted by atomic mass is 9.81. The van der Waals surface area contributed by atoms with Gasteiger partial charge in [0, 0.05) is 31.0 Å². The van der Waals surface area contributed by atoms with E-state index in [0.717, 1.165) is 24.1 Å². The first-order valence-electron chi connectivity index (χ1n) is 9.22. The van der Waals surface area contributed by atoms with Gasteiger partial charge in [-0.25, -0.2) is 9.97 Å². The molecule has 0 bridgehead atoms. The molecule has 0 amide bonds. The maximum Gasteiger partial charge on any atom is 0.132 e. The van der Waals surface area contributed by atoms with Crippen LogP contribution in [0.25, 0.3) is 0 Å². The molecule has 6 nitrogen and oxygen atoms in total. The van der Waals surface area contributed by atoms with Crippen molar-refractivity contribution in [1.82, 2.24) is 9.97 Å². The summed E-state index contributed by atoms with van der Waals surface area (Å²) in [6.07, 6.45) is 4.46. The number of nitrogens with one attached hydrogen (secondary N) is 1. The number of anilines is 2. The first-order chi connectivity index (χ1) is 13.1. The van der Waals surface area contributed by atoms with Crippen molar-refractivity contribution in [2.75, 3.05) is 18.5 Å². The van der Waals surface area contributed by atoms with Crippen LogP contribution in [0.2, 0.25) is 0 Å². The van der Waals surface area contributed by atoms with E-state index in [1.807, 2.05) is 19.9 Å². The Morgan fingerprint density at radius 2 is 2.07 bits per heavy atom. The number of pyridine rings is 2. The summed E-state index contributed by atoms with van der Waals surface area (Å²) in [6.45, 7) is 5.07. The lowest BCUT2D eigenvalue weighted by Crippen LogP contribution is -2.23. The Morgan fingerprint density at radius 1 is 1.26 bits per heavy atom. The number of nitrogens with zero attached hydrogens (tertiary/aromatic N) is 4. The third-order valence-corrected chi connectivity index (χ3v) is 4.82. The zero-order valence-corrected chi connectivity index (χ0v) is 15.7. The summed E-state index contributed by atoms with van der Waals surface area (Å²) < 4.78 is 5.47. The molecule has 6 heteroatoms. The Balaban J connectivity index is 1.92. The van der Waals surface area contributed by atoms with Gasteiger partial charge < -0.3 is 10.1 Å². The largest absolute Gasteiger partial charge is 0.382 e. The van der Waals surface area contributed by atoms with Crippen molar-refractivity contribution in [3.8, 4) is 12.1 Å². The molecule has 1 aliphatic carbocycles. The van der Waals surface area contributed by atoms with Gasteiger partial charge in [0.1, 0.15) is 11.6 Å². The first-order valence-corrected chi connectivity index (χ1v) is 9.22. The van der Waals surface area contributed by atoms with Crippen LogP contribution in [0.1, 0.15) is 55.8 Å². The van der Waals surface area contributed by atoms with Crippen LogP contribution >= 0.6 is 0 Å². The topological polar surface area (TPSA) is 94.6 Å². The molecule has 3 rings (SSSR count). The van der Waals surface area contributed by atoms with Crippen LogP contribution in [0.5, 0.6) is 0 Å². The van der Waals surface area contributed by atoms with Crippen LogP contribution in [0.15, 0.2) is 30.5 Å². The van der Waals surface area contributed by atoms with Crippen molar-refractivity contribution in [2.24, 2.45) is 0 Å². The molecule has 1 aliphatic rings. The second kappa shape index (κ2) is 8.16. The second-order valence-corrected chi connectivity index (χ2v) is 7.00. The fourth-order valence-electron chi connectivity index (χ4n) is 2.91. The Morgan fingerprint density at radius 3 is 2.74 bits per heavy atom. The average Bonchev–Trinajstić information content (AvgIpc) is 3.53. The average molecular weight is 361 g/mol. The SMILES string of the molecule is CCOCCC(C)(C#N)c1cc(Nc2cc(C#N)ccn2)nc(C2CC2)c1. The Kier molecular flexibility index (Phi) is 5.69. The number of nitriles is 2. The summed E-state index contributed by atoms with van der Waals surface area (Å²) >= 11 is 0. The second-order valence-electron chi connectivity index (χ2n) is 7.00. The highest BCUT2D eigenvalue weighted by molar-refractivity contribution is 5.56. The van der Waals surface area contributed by atoms with E-state index >= 15 is 0 Å². The van der Waals surface area contributed by atoms with E-state index in [2.05, 4.69) is 28.5 Å². The predicted molar refractivity (Wildman–Crippen MR) is 103 cm³/mol. The van der Waals surface area contributed by atoms with Gasteiger partial charge in [0.2, 0.25) is 0 Å². The predicted octanol–water partition coefficient (Wildman–Crippen LogP) is 4.18. The molecule has 1 unspecified atom stereocenters. The zero-order valence-electron chi connectivity index (χ0n) is 15.7. The number of rotatable bonds is 8. The van der Waals surface area contributed by atoms with Gasteiger partial charge in [-0.3, -0.25) is 0 Å². The van der Waals surface area contributed by atoms with Crippen LogP contribution < -0.4 is 5.32 Å². The van der Waals surface area contributed by atoms with Gasteiger partial charge in [-0.2, -0.15) is 10.5 Å². The van der Waals surface area contributed by atoms with Crippen LogP contribution in [-0.4, -0.2) is 23.2 Å². The quantitative estimate of drug-likeness (QED) is 0.709. The van der Waals surface area contributed by atoms with E-state index in [1.54, 1.807) is 18.3 Å². The minimum atomic E-state index is -0.653. The van der Waals surface area contributed by atoms with Crippen LogP contribution in [-0.2, 0) is 10.2 Å². The monoisotopic (exact) mass is 361 g/mol. The molecule has 1 saturated carbocycles. The zero-order chi connectivity index (χ0) is 19.3. The highest BCUT2D eigenvalue weighted by Gasteiger charge is 2.31. The van der Waals surface area contributed by atoms with Gasteiger partial charge in [-0.15, -0.1) is 0 Å². The molecule has 0 saturated heterocycles. The first kappa shape index (κ1) is 18.8. The fourth-order valence-corrected chi connectivity index (χ4v) is 2.91. The number of hydrogen-bond acceptors (Lipinski definition) is 6. The van der Waals surface area contributed by atoms with Crippen molar-refractivity contribution in [3.05, 3.63) is 47.3 Å². The molecule has 1 atom stereocenters. The van der Waals surface area contributed by atoms with Gasteiger partial charge in [0.05, 0.1) is 23.1 Å². The molecule has 2 aromatic heterocycles. The highest BCUT2D eigenvalue weighted by atomic mass is 16.5. The minimum absolute atomic E-state index is 0.457. The van der Waals surface area contributed by atoms with Gasteiger partial charge in [0.15, 0.2) is 0 Å². The summed E-state index contributed by atoms with van der Waals surface area (Å²) in [5.41, 5.74) is 1.81. The van der Waals surface area contributed by atoms with Crippen molar-refractivity contribution >= 4 is 11.6 Å². The highest BCUT2D eigenvalue weighted by Crippen LogP contribution is 2.41. The maximum atomic E-state index is 9.84. The molecule has 0 aliphatic heterocycles. The van der Waals surface area contributed by atoms with E-state index in [-0.39, 0.29) is 0 Å². The minimum Gasteiger partial charge on any atom is -0.382 e. The van der Waals surface area contributed by atoms with Crippen LogP contribution in [0.3, 0.4) is 0 Å². The molecule has 27 heavy (non-hydrogen) atoms. The van der Waals surface area contributed by atoms with E-state index in [9.17, 15) is 5.26 Å². The van der Waals surface area contributed by atoms with E-state index in [1.165, 1.54) is 0 Å². The standard InChI is InChI=1S/C21H23N5O/c1-3-27-9-7-21(2,14-23)17-11-18(16-4-5-16)25-20(12-17)26-19-10-15(13-22)6-8-24-19/h6,8,10-12,16H,3-5,7,9H2,1-2H3,(H,24,25,26). The van der Waals surface area contributed by atoms with Crippen molar-refractivity contribution < 1.29 is 4.74 Å². The molecule has 0 radical (unpaired) electrons. The molecule has 2 heterocycles. The molecule has 0 aromatic carbocycles. The molecule has 1 N–H and O–H groups in total. The van der Waals surface area contributed by atoms with E-state index in [4.69, 9.17) is 15.0 Å². The van der Waals surface area contributed by atoms with Crippen molar-refractivity contribution in [2.45, 2.75) is 44.4 Å². The molecule has 0 spiro atoms. The van der Waals surface area contributed by atoms with Crippen LogP contribution in [0.4, 0.5) is 11.6 Å². The Hall–Kier alpha value is -2.96. The molecular weight excluding hydrogens is 338 g/mol. The number of hydrogen-bond donors (Lipinski definition) is 1. The Bertz CT molecular complexity index is 894. The number of ether oxygens (including phenoxy) is 1. The van der Waals surface area contributed by atoms with Gasteiger partial charge in [-0.05, 0) is 62.9 Å². The summed E-state index contributed by atoms with van der Waals surface area (Å²) in [7, 11) is 0. The summed E-state index contributed by atoms with van der Waals surface area (Å²) in [4.78, 5) is 8.97. The molecular formula is C21H23N5O. The molecule has 2 aromatic rings.